The summed E-state index contributed by atoms with van der Waals surface area (Å²) in [5.74, 6) is -1.16. The lowest BCUT2D eigenvalue weighted by molar-refractivity contribution is -0.141. The summed E-state index contributed by atoms with van der Waals surface area (Å²) in [7, 11) is 1.36. The Morgan fingerprint density at radius 1 is 1.00 bits per heavy atom. The van der Waals surface area contributed by atoms with Crippen LogP contribution in [0.5, 0.6) is 0 Å². The van der Waals surface area contributed by atoms with E-state index in [4.69, 9.17) is 4.74 Å². The molecule has 0 saturated heterocycles. The number of carbonyl (C=O) groups excluding carboxylic acids is 1. The number of carbonyl (C=O) groups is 1. The van der Waals surface area contributed by atoms with Crippen molar-refractivity contribution in [1.29, 1.82) is 0 Å². The van der Waals surface area contributed by atoms with Crippen molar-refractivity contribution in [3.8, 4) is 16.9 Å². The van der Waals surface area contributed by atoms with Gasteiger partial charge in [-0.25, -0.2) is 4.39 Å². The van der Waals surface area contributed by atoms with Gasteiger partial charge in [-0.05, 0) is 48.9 Å². The van der Waals surface area contributed by atoms with Crippen LogP contribution in [0.4, 0.5) is 4.39 Å². The average Bonchev–Trinajstić information content (AvgIpc) is 2.79. The number of nitrogens with zero attached hydrogens (tertiary/aromatic N) is 2. The molecule has 4 rings (SSSR count). The number of halogens is 1. The number of rotatable bonds is 4. The largest absolute Gasteiger partial charge is 0.469 e. The monoisotopic (exact) mass is 402 g/mol. The fourth-order valence-electron chi connectivity index (χ4n) is 3.43. The van der Waals surface area contributed by atoms with E-state index in [0.717, 1.165) is 11.1 Å². The minimum atomic E-state index is -0.441. The van der Waals surface area contributed by atoms with E-state index in [2.05, 4.69) is 5.10 Å². The second kappa shape index (κ2) is 7.91. The average molecular weight is 402 g/mol. The molecule has 1 aromatic heterocycles. The number of hydrogen-bond acceptors (Lipinski definition) is 4. The van der Waals surface area contributed by atoms with Gasteiger partial charge >= 0.3 is 5.97 Å². The third-order valence-corrected chi connectivity index (χ3v) is 5.09. The zero-order valence-corrected chi connectivity index (χ0v) is 16.5. The molecule has 0 aliphatic rings. The SMILES string of the molecule is COC(=O)C(C)c1cccc(-c2nn(-c3ccc(F)cc3)c(=O)c3ccccc23)c1. The van der Waals surface area contributed by atoms with Gasteiger partial charge in [0.1, 0.15) is 5.82 Å². The molecule has 1 unspecified atom stereocenters. The van der Waals surface area contributed by atoms with E-state index in [0.29, 0.717) is 22.2 Å². The number of aromatic nitrogens is 2. The molecule has 0 aliphatic carbocycles. The number of fused-ring (bicyclic) bond motifs is 1. The van der Waals surface area contributed by atoms with Gasteiger partial charge in [-0.15, -0.1) is 0 Å². The van der Waals surface area contributed by atoms with Crippen molar-refractivity contribution in [2.45, 2.75) is 12.8 Å². The number of hydrogen-bond donors (Lipinski definition) is 0. The summed E-state index contributed by atoms with van der Waals surface area (Å²) in [6.45, 7) is 1.77. The van der Waals surface area contributed by atoms with Gasteiger partial charge in [-0.2, -0.15) is 9.78 Å². The van der Waals surface area contributed by atoms with E-state index in [9.17, 15) is 14.0 Å². The summed E-state index contributed by atoms with van der Waals surface area (Å²) in [6.07, 6.45) is 0. The van der Waals surface area contributed by atoms with E-state index in [-0.39, 0.29) is 11.5 Å². The molecule has 0 N–H and O–H groups in total. The Balaban J connectivity index is 1.95. The minimum Gasteiger partial charge on any atom is -0.469 e. The van der Waals surface area contributed by atoms with Gasteiger partial charge in [-0.1, -0.05) is 36.4 Å². The molecule has 0 saturated carbocycles. The second-order valence-electron chi connectivity index (χ2n) is 6.96. The smallest absolute Gasteiger partial charge is 0.312 e. The van der Waals surface area contributed by atoms with Crippen LogP contribution in [0.15, 0.2) is 77.6 Å². The molecule has 0 fully saturated rings. The molecule has 5 nitrogen and oxygen atoms in total. The zero-order chi connectivity index (χ0) is 21.3. The highest BCUT2D eigenvalue weighted by atomic mass is 19.1. The van der Waals surface area contributed by atoms with Crippen molar-refractivity contribution in [2.75, 3.05) is 7.11 Å². The molecule has 3 aromatic carbocycles. The van der Waals surface area contributed by atoms with Crippen LogP contribution >= 0.6 is 0 Å². The number of methoxy groups -OCH3 is 1. The van der Waals surface area contributed by atoms with Gasteiger partial charge < -0.3 is 4.74 Å². The lowest BCUT2D eigenvalue weighted by Gasteiger charge is -2.14. The van der Waals surface area contributed by atoms with E-state index < -0.39 is 11.7 Å². The Morgan fingerprint density at radius 3 is 2.40 bits per heavy atom. The number of benzene rings is 3. The molecule has 0 amide bonds. The predicted molar refractivity (Wildman–Crippen MR) is 113 cm³/mol. The molecule has 1 atom stereocenters. The summed E-state index contributed by atoms with van der Waals surface area (Å²) in [5.41, 5.74) is 2.31. The van der Waals surface area contributed by atoms with Crippen LogP contribution in [0.2, 0.25) is 0 Å². The summed E-state index contributed by atoms with van der Waals surface area (Å²) in [6, 6.07) is 20.3. The molecule has 4 aromatic rings. The van der Waals surface area contributed by atoms with Gasteiger partial charge in [-0.3, -0.25) is 9.59 Å². The maximum Gasteiger partial charge on any atom is 0.312 e. The van der Waals surface area contributed by atoms with Gasteiger partial charge in [0.25, 0.3) is 5.56 Å². The molecule has 1 heterocycles. The van der Waals surface area contributed by atoms with Gasteiger partial charge in [0, 0.05) is 10.9 Å². The molecule has 0 bridgehead atoms. The van der Waals surface area contributed by atoms with Gasteiger partial charge in [0.05, 0.1) is 29.8 Å². The molecule has 30 heavy (non-hydrogen) atoms. The molecular formula is C24H19FN2O3. The Morgan fingerprint density at radius 2 is 1.70 bits per heavy atom. The van der Waals surface area contributed by atoms with Gasteiger partial charge in [0.15, 0.2) is 0 Å². The van der Waals surface area contributed by atoms with Crippen molar-refractivity contribution in [1.82, 2.24) is 9.78 Å². The van der Waals surface area contributed by atoms with Crippen molar-refractivity contribution >= 4 is 16.7 Å². The van der Waals surface area contributed by atoms with Crippen molar-refractivity contribution in [3.63, 3.8) is 0 Å². The molecule has 6 heteroatoms. The lowest BCUT2D eigenvalue weighted by Crippen LogP contribution is -2.22. The van der Waals surface area contributed by atoms with Crippen molar-refractivity contribution in [3.05, 3.63) is 94.5 Å². The van der Waals surface area contributed by atoms with E-state index in [1.807, 2.05) is 36.4 Å². The third kappa shape index (κ3) is 3.48. The second-order valence-corrected chi connectivity index (χ2v) is 6.96. The summed E-state index contributed by atoms with van der Waals surface area (Å²) < 4.78 is 19.5. The molecule has 0 aliphatic heterocycles. The highest BCUT2D eigenvalue weighted by Gasteiger charge is 2.18. The highest BCUT2D eigenvalue weighted by Crippen LogP contribution is 2.28. The van der Waals surface area contributed by atoms with E-state index >= 15 is 0 Å². The van der Waals surface area contributed by atoms with Crippen LogP contribution in [0, 0.1) is 5.82 Å². The van der Waals surface area contributed by atoms with Crippen LogP contribution in [-0.4, -0.2) is 22.9 Å². The van der Waals surface area contributed by atoms with E-state index in [1.165, 1.54) is 36.1 Å². The van der Waals surface area contributed by atoms with E-state index in [1.54, 1.807) is 19.1 Å². The topological polar surface area (TPSA) is 61.2 Å². The molecular weight excluding hydrogens is 383 g/mol. The molecule has 0 radical (unpaired) electrons. The predicted octanol–water partition coefficient (Wildman–Crippen LogP) is 4.47. The summed E-state index contributed by atoms with van der Waals surface area (Å²) in [5, 5.41) is 5.80. The molecule has 0 spiro atoms. The zero-order valence-electron chi connectivity index (χ0n) is 16.5. The van der Waals surface area contributed by atoms with Crippen molar-refractivity contribution in [2.24, 2.45) is 0 Å². The highest BCUT2D eigenvalue weighted by molar-refractivity contribution is 5.94. The third-order valence-electron chi connectivity index (χ3n) is 5.09. The van der Waals surface area contributed by atoms with Gasteiger partial charge in [0.2, 0.25) is 0 Å². The van der Waals surface area contributed by atoms with Crippen LogP contribution in [0.1, 0.15) is 18.4 Å². The number of esters is 1. The summed E-state index contributed by atoms with van der Waals surface area (Å²) >= 11 is 0. The fraction of sp³-hybridized carbons (Fsp3) is 0.125. The quantitative estimate of drug-likeness (QED) is 0.473. The Kier molecular flexibility index (Phi) is 5.14. The lowest BCUT2D eigenvalue weighted by atomic mass is 9.96. The van der Waals surface area contributed by atoms with Crippen LogP contribution in [-0.2, 0) is 9.53 Å². The first-order valence-electron chi connectivity index (χ1n) is 9.46. The first-order valence-corrected chi connectivity index (χ1v) is 9.46. The van der Waals surface area contributed by atoms with Crippen LogP contribution in [0.3, 0.4) is 0 Å². The summed E-state index contributed by atoms with van der Waals surface area (Å²) in [4.78, 5) is 25.0. The molecule has 150 valence electrons. The maximum absolute atomic E-state index is 13.4. The first-order chi connectivity index (χ1) is 14.5. The van der Waals surface area contributed by atoms with Crippen molar-refractivity contribution < 1.29 is 13.9 Å². The Labute approximate surface area is 172 Å². The normalized spacial score (nSPS) is 12.0. The van der Waals surface area contributed by atoms with Crippen LogP contribution in [0.25, 0.3) is 27.7 Å². The fourth-order valence-corrected chi connectivity index (χ4v) is 3.43. The maximum atomic E-state index is 13.4. The minimum absolute atomic E-state index is 0.292. The Hall–Kier alpha value is -3.80. The standard InChI is InChI=1S/C24H19FN2O3/c1-15(24(29)30-2)16-6-5-7-17(14-16)22-20-8-3-4-9-21(20)23(28)27(26-22)19-12-10-18(25)11-13-19/h3-15H,1-2H3. The Bertz CT molecular complexity index is 1300. The van der Waals surface area contributed by atoms with Crippen LogP contribution < -0.4 is 5.56 Å². The number of ether oxygens (including phenoxy) is 1. The first kappa shape index (κ1) is 19.5.